The van der Waals surface area contributed by atoms with Gasteiger partial charge in [-0.2, -0.15) is 10.2 Å². The molecule has 0 amide bonds. The smallest absolute Gasteiger partial charge is 0.278 e. The third-order valence-electron chi connectivity index (χ3n) is 5.80. The lowest BCUT2D eigenvalue weighted by atomic mass is 10.0. The highest BCUT2D eigenvalue weighted by Gasteiger charge is 2.22. The van der Waals surface area contributed by atoms with Crippen LogP contribution < -0.4 is 4.31 Å². The van der Waals surface area contributed by atoms with Crippen LogP contribution in [0.3, 0.4) is 0 Å². The fraction of sp³-hybridized carbons (Fsp3) is 0.440. The molecule has 0 unspecified atom stereocenters. The molecule has 0 aliphatic carbocycles. The summed E-state index contributed by atoms with van der Waals surface area (Å²) in [5.41, 5.74) is 3.64. The van der Waals surface area contributed by atoms with Crippen LogP contribution in [0.2, 0.25) is 0 Å². The molecule has 4 rings (SSSR count). The first-order chi connectivity index (χ1) is 16.1. The predicted molar refractivity (Wildman–Crippen MR) is 144 cm³/mol. The van der Waals surface area contributed by atoms with Gasteiger partial charge in [-0.25, -0.2) is 13.1 Å². The quantitative estimate of drug-likeness (QED) is 0.388. The Bertz CT molecular complexity index is 946. The van der Waals surface area contributed by atoms with Crippen molar-refractivity contribution in [3.05, 3.63) is 65.7 Å². The van der Waals surface area contributed by atoms with Crippen molar-refractivity contribution < 1.29 is 8.78 Å². The first-order valence-corrected chi connectivity index (χ1v) is 13.2. The minimum Gasteiger partial charge on any atom is -0.312 e. The molecule has 0 saturated carbocycles. The summed E-state index contributed by atoms with van der Waals surface area (Å²) in [6, 6.07) is 18.4. The Kier molecular flexibility index (Phi) is 10.4. The van der Waals surface area contributed by atoms with E-state index >= 15 is 0 Å². The third kappa shape index (κ3) is 7.28. The van der Waals surface area contributed by atoms with Gasteiger partial charge in [0.2, 0.25) is 0 Å². The van der Waals surface area contributed by atoms with Gasteiger partial charge in [0.15, 0.2) is 0 Å². The Labute approximate surface area is 210 Å². The van der Waals surface area contributed by atoms with Gasteiger partial charge in [-0.1, -0.05) is 61.8 Å². The van der Waals surface area contributed by atoms with Crippen LogP contribution in [0.25, 0.3) is 0 Å². The van der Waals surface area contributed by atoms with E-state index in [0.717, 1.165) is 56.1 Å². The molecule has 184 valence electrons. The van der Waals surface area contributed by atoms with Crippen molar-refractivity contribution in [2.45, 2.75) is 26.8 Å². The molecule has 1 saturated heterocycles. The summed E-state index contributed by atoms with van der Waals surface area (Å²) in [6.45, 7) is 6.32. The van der Waals surface area contributed by atoms with Gasteiger partial charge in [-0.15, -0.1) is 0 Å². The van der Waals surface area contributed by atoms with Gasteiger partial charge in [0.25, 0.3) is 6.43 Å². The molecule has 9 heteroatoms. The molecule has 1 fully saturated rings. The number of hydrogen-bond donors (Lipinski definition) is 0. The molecule has 5 nitrogen and oxygen atoms in total. The summed E-state index contributed by atoms with van der Waals surface area (Å²) in [5, 5.41) is 7.56. The van der Waals surface area contributed by atoms with E-state index in [1.807, 2.05) is 42.1 Å². The summed E-state index contributed by atoms with van der Waals surface area (Å²) in [6.07, 6.45) is -0.281. The van der Waals surface area contributed by atoms with Crippen molar-refractivity contribution in [2.75, 3.05) is 49.0 Å². The van der Waals surface area contributed by atoms with Crippen molar-refractivity contribution in [1.82, 2.24) is 9.21 Å². The molecule has 0 radical (unpaired) electrons. The molecule has 0 atom stereocenters. The zero-order valence-electron chi connectivity index (χ0n) is 18.7. The number of piperazine rings is 1. The van der Waals surface area contributed by atoms with E-state index in [9.17, 15) is 8.78 Å². The van der Waals surface area contributed by atoms with E-state index in [0.29, 0.717) is 5.71 Å². The average Bonchev–Trinajstić information content (AvgIpc) is 3.36. The number of nitrogens with zero attached hydrogens (tertiary/aromatic N) is 5. The minimum absolute atomic E-state index is 0. The van der Waals surface area contributed by atoms with E-state index in [1.165, 1.54) is 5.69 Å². The van der Waals surface area contributed by atoms with E-state index in [1.54, 1.807) is 0 Å². The standard InChI is InChI=1S/C24H29F2N5S2.CH4/c1-32-30-13-11-29(12-14-30)15-16-33-31(21-5-3-2-4-6-21)18-19-7-9-20(10-8-19)22-17-23(24(25)26)28-27-22;/h2-10,24H,11-18H2,1H3;1H4. The maximum Gasteiger partial charge on any atom is 0.278 e. The summed E-state index contributed by atoms with van der Waals surface area (Å²) < 4.78 is 30.4. The van der Waals surface area contributed by atoms with Crippen molar-refractivity contribution in [3.63, 3.8) is 0 Å². The van der Waals surface area contributed by atoms with Crippen LogP contribution in [0.1, 0.15) is 25.0 Å². The van der Waals surface area contributed by atoms with Crippen molar-refractivity contribution >= 4 is 41.0 Å². The number of anilines is 1. The van der Waals surface area contributed by atoms with E-state index < -0.39 is 6.43 Å². The normalized spacial score (nSPS) is 16.8. The number of halogens is 2. The molecular weight excluding hydrogens is 472 g/mol. The van der Waals surface area contributed by atoms with Gasteiger partial charge < -0.3 is 4.31 Å². The number of rotatable bonds is 10. The molecule has 2 aliphatic heterocycles. The van der Waals surface area contributed by atoms with Crippen molar-refractivity contribution in [1.29, 1.82) is 0 Å². The third-order valence-corrected chi connectivity index (χ3v) is 7.70. The summed E-state index contributed by atoms with van der Waals surface area (Å²) in [5.74, 6) is 1.02. The summed E-state index contributed by atoms with van der Waals surface area (Å²) >= 11 is 3.68. The zero-order valence-corrected chi connectivity index (χ0v) is 20.4. The van der Waals surface area contributed by atoms with Crippen LogP contribution in [-0.2, 0) is 6.54 Å². The highest BCUT2D eigenvalue weighted by atomic mass is 32.2. The second-order valence-corrected chi connectivity index (χ2v) is 9.96. The van der Waals surface area contributed by atoms with E-state index in [-0.39, 0.29) is 19.6 Å². The molecule has 0 aromatic heterocycles. The van der Waals surface area contributed by atoms with Crippen molar-refractivity contribution in [2.24, 2.45) is 10.2 Å². The van der Waals surface area contributed by atoms with Gasteiger partial charge in [0.05, 0.1) is 12.3 Å². The highest BCUT2D eigenvalue weighted by molar-refractivity contribution is 8.00. The Morgan fingerprint density at radius 1 is 0.971 bits per heavy atom. The fourth-order valence-corrected chi connectivity index (χ4v) is 5.44. The largest absolute Gasteiger partial charge is 0.312 e. The monoisotopic (exact) mass is 505 g/mol. The van der Waals surface area contributed by atoms with Crippen LogP contribution in [0.5, 0.6) is 0 Å². The molecule has 0 bridgehead atoms. The molecule has 0 spiro atoms. The van der Waals surface area contributed by atoms with E-state index in [4.69, 9.17) is 0 Å². The van der Waals surface area contributed by atoms with E-state index in [2.05, 4.69) is 66.4 Å². The van der Waals surface area contributed by atoms with Crippen molar-refractivity contribution in [3.8, 4) is 0 Å². The summed E-state index contributed by atoms with van der Waals surface area (Å²) in [4.78, 5) is 2.54. The Balaban J connectivity index is 0.00000324. The lowest BCUT2D eigenvalue weighted by Gasteiger charge is -2.33. The van der Waals surface area contributed by atoms with Crippen LogP contribution in [0.4, 0.5) is 14.5 Å². The Morgan fingerprint density at radius 3 is 2.29 bits per heavy atom. The molecule has 2 heterocycles. The lowest BCUT2D eigenvalue weighted by molar-refractivity contribution is 0.207. The highest BCUT2D eigenvalue weighted by Crippen LogP contribution is 2.26. The second kappa shape index (κ2) is 13.2. The number of alkyl halides is 2. The zero-order chi connectivity index (χ0) is 23.0. The molecule has 0 N–H and O–H groups in total. The fourth-order valence-electron chi connectivity index (χ4n) is 3.84. The number of hydrogen-bond acceptors (Lipinski definition) is 7. The topological polar surface area (TPSA) is 34.4 Å². The molecule has 2 aromatic carbocycles. The maximum absolute atomic E-state index is 12.8. The average molecular weight is 506 g/mol. The minimum atomic E-state index is -2.55. The van der Waals surface area contributed by atoms with Crippen LogP contribution in [0, 0.1) is 0 Å². The van der Waals surface area contributed by atoms with Crippen LogP contribution in [-0.4, -0.2) is 71.8 Å². The first-order valence-electron chi connectivity index (χ1n) is 11.1. The number of para-hydroxylation sites is 1. The SMILES string of the molecule is C.CSN1CCN(CCSN(Cc2ccc(C3=NN=C(C(F)F)C3)cc2)c2ccccc2)CC1. The van der Waals surface area contributed by atoms with Crippen LogP contribution >= 0.6 is 23.9 Å². The van der Waals surface area contributed by atoms with Gasteiger partial charge >= 0.3 is 0 Å². The van der Waals surface area contributed by atoms with Gasteiger partial charge in [0, 0.05) is 50.6 Å². The second-order valence-electron chi connectivity index (χ2n) is 7.97. The predicted octanol–water partition coefficient (Wildman–Crippen LogP) is 5.69. The molecular formula is C25H33F2N5S2. The van der Waals surface area contributed by atoms with Gasteiger partial charge in [-0.05, 0) is 41.5 Å². The van der Waals surface area contributed by atoms with Gasteiger partial charge in [0.1, 0.15) is 5.71 Å². The molecule has 34 heavy (non-hydrogen) atoms. The van der Waals surface area contributed by atoms with Gasteiger partial charge in [-0.3, -0.25) is 4.90 Å². The first kappa shape index (κ1) is 26.7. The maximum atomic E-state index is 12.8. The summed E-state index contributed by atoms with van der Waals surface area (Å²) in [7, 11) is 0. The molecule has 2 aliphatic rings. The van der Waals surface area contributed by atoms with Crippen LogP contribution in [0.15, 0.2) is 64.8 Å². The Morgan fingerprint density at radius 2 is 1.68 bits per heavy atom. The lowest BCUT2D eigenvalue weighted by Crippen LogP contribution is -2.44. The number of benzene rings is 2. The molecule has 2 aromatic rings. The Hall–Kier alpha value is -1.94.